The van der Waals surface area contributed by atoms with Gasteiger partial charge in [0.25, 0.3) is 0 Å². The standard InChI is InChI=1S/C29H32O5/c1-18(2)29-17-16-28(3,21-14-15-22(30)23(21)29)24(33-26(31)19-10-6-4-7-11-19)25(29)34-27(32)20-12-8-5-9-13-20/h4-13,18,21,23-25H,14-17H2,1-3H3. The summed E-state index contributed by atoms with van der Waals surface area (Å²) >= 11 is 0. The van der Waals surface area contributed by atoms with E-state index < -0.39 is 35.0 Å². The molecule has 0 heterocycles. The molecule has 0 radical (unpaired) electrons. The summed E-state index contributed by atoms with van der Waals surface area (Å²) in [5.41, 5.74) is -0.0597. The Morgan fingerprint density at radius 2 is 1.38 bits per heavy atom. The number of carbonyl (C=O) groups is 3. The third-order valence-electron chi connectivity index (χ3n) is 8.99. The van der Waals surface area contributed by atoms with E-state index in [1.54, 1.807) is 48.5 Å². The average molecular weight is 461 g/mol. The van der Waals surface area contributed by atoms with Gasteiger partial charge in [-0.05, 0) is 55.4 Å². The highest BCUT2D eigenvalue weighted by Crippen LogP contribution is 2.69. The van der Waals surface area contributed by atoms with Crippen molar-refractivity contribution in [3.8, 4) is 0 Å². The lowest BCUT2D eigenvalue weighted by Crippen LogP contribution is -2.71. The van der Waals surface area contributed by atoms with Crippen LogP contribution in [0, 0.1) is 28.6 Å². The Morgan fingerprint density at radius 1 is 0.853 bits per heavy atom. The fraction of sp³-hybridized carbons (Fsp3) is 0.483. The lowest BCUT2D eigenvalue weighted by atomic mass is 9.41. The first-order valence-corrected chi connectivity index (χ1v) is 12.3. The van der Waals surface area contributed by atoms with Gasteiger partial charge in [0.1, 0.15) is 18.0 Å². The first kappa shape index (κ1) is 22.8. The van der Waals surface area contributed by atoms with Gasteiger partial charge in [0.05, 0.1) is 11.1 Å². The van der Waals surface area contributed by atoms with E-state index in [1.165, 1.54) is 0 Å². The average Bonchev–Trinajstić information content (AvgIpc) is 3.26. The van der Waals surface area contributed by atoms with Gasteiger partial charge in [-0.2, -0.15) is 0 Å². The molecule has 2 aromatic carbocycles. The van der Waals surface area contributed by atoms with Crippen LogP contribution in [0.4, 0.5) is 0 Å². The van der Waals surface area contributed by atoms with Gasteiger partial charge < -0.3 is 9.47 Å². The van der Waals surface area contributed by atoms with Crippen molar-refractivity contribution in [2.45, 2.75) is 58.7 Å². The van der Waals surface area contributed by atoms with Gasteiger partial charge in [0.15, 0.2) is 0 Å². The first-order chi connectivity index (χ1) is 16.3. The van der Waals surface area contributed by atoms with E-state index in [4.69, 9.17) is 9.47 Å². The van der Waals surface area contributed by atoms with Gasteiger partial charge >= 0.3 is 11.9 Å². The van der Waals surface area contributed by atoms with Crippen molar-refractivity contribution in [3.63, 3.8) is 0 Å². The van der Waals surface area contributed by atoms with Gasteiger partial charge in [0, 0.05) is 23.2 Å². The molecule has 0 amide bonds. The maximum atomic E-state index is 13.3. The van der Waals surface area contributed by atoms with E-state index >= 15 is 0 Å². The molecule has 2 aromatic rings. The fourth-order valence-corrected chi connectivity index (χ4v) is 7.22. The molecule has 0 spiro atoms. The highest BCUT2D eigenvalue weighted by Gasteiger charge is 2.73. The maximum Gasteiger partial charge on any atom is 0.338 e. The fourth-order valence-electron chi connectivity index (χ4n) is 7.22. The minimum Gasteiger partial charge on any atom is -0.454 e. The highest BCUT2D eigenvalue weighted by molar-refractivity contribution is 5.91. The molecule has 0 saturated heterocycles. The smallest absolute Gasteiger partial charge is 0.338 e. The Kier molecular flexibility index (Phi) is 5.62. The molecule has 6 rings (SSSR count). The highest BCUT2D eigenvalue weighted by atomic mass is 16.6. The second-order valence-corrected chi connectivity index (χ2v) is 10.7. The molecule has 34 heavy (non-hydrogen) atoms. The zero-order valence-corrected chi connectivity index (χ0v) is 20.0. The topological polar surface area (TPSA) is 69.7 Å². The van der Waals surface area contributed by atoms with Crippen LogP contribution in [0.15, 0.2) is 60.7 Å². The lowest BCUT2D eigenvalue weighted by molar-refractivity contribution is -0.253. The van der Waals surface area contributed by atoms with Crippen LogP contribution in [0.2, 0.25) is 0 Å². The number of fused-ring (bicyclic) bond motifs is 2. The summed E-state index contributed by atoms with van der Waals surface area (Å²) in [6, 6.07) is 17.8. The first-order valence-electron chi connectivity index (χ1n) is 12.3. The molecule has 4 aliphatic carbocycles. The van der Waals surface area contributed by atoms with Crippen LogP contribution in [0.1, 0.15) is 67.2 Å². The van der Waals surface area contributed by atoms with E-state index in [0.29, 0.717) is 17.5 Å². The Bertz CT molecular complexity index is 1090. The van der Waals surface area contributed by atoms with Crippen LogP contribution < -0.4 is 0 Å². The van der Waals surface area contributed by atoms with Gasteiger partial charge in [-0.25, -0.2) is 9.59 Å². The number of ketones is 1. The summed E-state index contributed by atoms with van der Waals surface area (Å²) < 4.78 is 12.5. The zero-order valence-electron chi connectivity index (χ0n) is 20.0. The van der Waals surface area contributed by atoms with Crippen LogP contribution in [0.25, 0.3) is 0 Å². The van der Waals surface area contributed by atoms with Crippen molar-refractivity contribution in [1.29, 1.82) is 0 Å². The third-order valence-corrected chi connectivity index (χ3v) is 8.99. The summed E-state index contributed by atoms with van der Waals surface area (Å²) in [5.74, 6) is -0.566. The number of benzene rings is 2. The van der Waals surface area contributed by atoms with Crippen molar-refractivity contribution >= 4 is 17.7 Å². The van der Waals surface area contributed by atoms with E-state index in [0.717, 1.165) is 19.3 Å². The minimum atomic E-state index is -0.685. The van der Waals surface area contributed by atoms with E-state index in [-0.39, 0.29) is 23.5 Å². The SMILES string of the molecule is CC(C)C12CCC(C)(C3CCC(=O)C31)C(OC(=O)c1ccccc1)C2OC(=O)c1ccccc1. The molecule has 4 saturated carbocycles. The van der Waals surface area contributed by atoms with Crippen molar-refractivity contribution in [3.05, 3.63) is 71.8 Å². The van der Waals surface area contributed by atoms with E-state index in [1.807, 2.05) is 12.1 Å². The number of carbonyl (C=O) groups excluding carboxylic acids is 3. The van der Waals surface area contributed by atoms with Crippen molar-refractivity contribution in [2.75, 3.05) is 0 Å². The third kappa shape index (κ3) is 3.31. The molecule has 6 atom stereocenters. The molecule has 0 aliphatic heterocycles. The summed E-state index contributed by atoms with van der Waals surface area (Å²) in [6.07, 6.45) is 1.66. The Morgan fingerprint density at radius 3 is 1.91 bits per heavy atom. The monoisotopic (exact) mass is 460 g/mol. The second kappa shape index (κ2) is 8.37. The molecule has 2 bridgehead atoms. The summed E-state index contributed by atoms with van der Waals surface area (Å²) in [7, 11) is 0. The number of rotatable bonds is 5. The van der Waals surface area contributed by atoms with Crippen LogP contribution in [-0.2, 0) is 14.3 Å². The lowest BCUT2D eigenvalue weighted by Gasteiger charge is -2.66. The van der Waals surface area contributed by atoms with Crippen molar-refractivity contribution in [2.24, 2.45) is 28.6 Å². The molecular weight excluding hydrogens is 428 g/mol. The minimum absolute atomic E-state index is 0.0819. The molecule has 178 valence electrons. The Hall–Kier alpha value is -2.95. The van der Waals surface area contributed by atoms with Crippen molar-refractivity contribution < 1.29 is 23.9 Å². The van der Waals surface area contributed by atoms with Gasteiger partial charge in [0.2, 0.25) is 0 Å². The maximum absolute atomic E-state index is 13.3. The molecule has 0 N–H and O–H groups in total. The summed E-state index contributed by atoms with van der Waals surface area (Å²) in [6.45, 7) is 6.34. The predicted molar refractivity (Wildman–Crippen MR) is 127 cm³/mol. The number of esters is 2. The Balaban J connectivity index is 1.59. The molecular formula is C29H32O5. The number of hydrogen-bond acceptors (Lipinski definition) is 5. The molecule has 5 heteroatoms. The molecule has 4 aliphatic rings. The second-order valence-electron chi connectivity index (χ2n) is 10.7. The molecule has 4 fully saturated rings. The largest absolute Gasteiger partial charge is 0.454 e. The van der Waals surface area contributed by atoms with E-state index in [2.05, 4.69) is 20.8 Å². The van der Waals surface area contributed by atoms with Gasteiger partial charge in [-0.15, -0.1) is 0 Å². The Labute approximate surface area is 200 Å². The normalized spacial score (nSPS) is 34.1. The molecule has 5 nitrogen and oxygen atoms in total. The molecule has 0 aromatic heterocycles. The quantitative estimate of drug-likeness (QED) is 0.552. The van der Waals surface area contributed by atoms with Crippen LogP contribution in [0.5, 0.6) is 0 Å². The summed E-state index contributed by atoms with van der Waals surface area (Å²) in [5, 5.41) is 0. The summed E-state index contributed by atoms with van der Waals surface area (Å²) in [4.78, 5) is 39.8. The van der Waals surface area contributed by atoms with Gasteiger partial charge in [-0.1, -0.05) is 57.2 Å². The van der Waals surface area contributed by atoms with Crippen LogP contribution in [0.3, 0.4) is 0 Å². The van der Waals surface area contributed by atoms with Crippen LogP contribution in [-0.4, -0.2) is 29.9 Å². The number of hydrogen-bond donors (Lipinski definition) is 0. The van der Waals surface area contributed by atoms with Crippen LogP contribution >= 0.6 is 0 Å². The van der Waals surface area contributed by atoms with Gasteiger partial charge in [-0.3, -0.25) is 4.79 Å². The van der Waals surface area contributed by atoms with E-state index in [9.17, 15) is 14.4 Å². The molecule has 6 unspecified atom stereocenters. The predicted octanol–water partition coefficient (Wildman–Crippen LogP) is 5.49. The zero-order chi connectivity index (χ0) is 24.1. The van der Waals surface area contributed by atoms with Crippen molar-refractivity contribution in [1.82, 2.24) is 0 Å². The number of ether oxygens (including phenoxy) is 2. The number of Topliss-reactive ketones (excluding diaryl/α,β-unsaturated/α-hetero) is 1.